The van der Waals surface area contributed by atoms with Gasteiger partial charge in [-0.3, -0.25) is 9.59 Å². The first kappa shape index (κ1) is 37.5. The molecule has 6 N–H and O–H groups in total. The minimum Gasteiger partial charge on any atom is -0.508 e. The van der Waals surface area contributed by atoms with E-state index in [0.29, 0.717) is 25.1 Å². The fourth-order valence-electron chi connectivity index (χ4n) is 6.42. The number of aliphatic hydroxyl groups excluding tert-OH is 3. The van der Waals surface area contributed by atoms with Gasteiger partial charge in [-0.1, -0.05) is 44.2 Å². The van der Waals surface area contributed by atoms with Crippen LogP contribution in [0.2, 0.25) is 0 Å². The number of hydrogen-bond donors (Lipinski definition) is 6. The highest BCUT2D eigenvalue weighted by Gasteiger charge is 2.39. The van der Waals surface area contributed by atoms with Crippen molar-refractivity contribution in [3.05, 3.63) is 69.8 Å². The van der Waals surface area contributed by atoms with Crippen LogP contribution in [0.25, 0.3) is 6.08 Å². The average Bonchev–Trinajstić information content (AvgIpc) is 3.06. The maximum atomic E-state index is 13.3. The molecular formula is C38H55N3O7. The van der Waals surface area contributed by atoms with Gasteiger partial charge in [-0.15, -0.1) is 0 Å². The van der Waals surface area contributed by atoms with E-state index < -0.39 is 35.4 Å². The van der Waals surface area contributed by atoms with E-state index in [9.17, 15) is 30.0 Å². The average molecular weight is 666 g/mol. The van der Waals surface area contributed by atoms with Crippen molar-refractivity contribution in [1.82, 2.24) is 15.5 Å². The number of nitrogens with one attached hydrogen (secondary N) is 2. The highest BCUT2D eigenvalue weighted by molar-refractivity contribution is 5.93. The zero-order valence-electron chi connectivity index (χ0n) is 29.5. The number of phenols is 1. The molecule has 0 bridgehead atoms. The molecule has 2 amide bonds. The Morgan fingerprint density at radius 2 is 1.79 bits per heavy atom. The Balaban J connectivity index is 1.53. The van der Waals surface area contributed by atoms with E-state index in [1.165, 1.54) is 0 Å². The Morgan fingerprint density at radius 3 is 2.42 bits per heavy atom. The number of carbonyl (C=O) groups is 2. The van der Waals surface area contributed by atoms with Gasteiger partial charge in [0.05, 0.1) is 24.2 Å². The summed E-state index contributed by atoms with van der Waals surface area (Å²) in [5.74, 6) is -0.161. The van der Waals surface area contributed by atoms with Crippen molar-refractivity contribution < 1.29 is 34.8 Å². The first-order valence-electron chi connectivity index (χ1n) is 17.2. The molecule has 5 atom stereocenters. The van der Waals surface area contributed by atoms with Gasteiger partial charge >= 0.3 is 0 Å². The van der Waals surface area contributed by atoms with Crippen LogP contribution in [0, 0.1) is 12.3 Å². The SMILES string of the molecule is CCC(C)c1cc(O)c([C@@H]2O[C@H](CO)C[C@H](O)[C@@H]2O)cc1Cc1ccc(/C=C/C(C)(C)C(=O)NC(C)(C)C(=O)N2CCNCC2)cc1C. The van der Waals surface area contributed by atoms with Crippen molar-refractivity contribution in [3.63, 3.8) is 0 Å². The van der Waals surface area contributed by atoms with Gasteiger partial charge in [0.2, 0.25) is 11.8 Å². The minimum atomic E-state index is -1.24. The lowest BCUT2D eigenvalue weighted by Crippen LogP contribution is -2.60. The number of benzene rings is 2. The zero-order valence-corrected chi connectivity index (χ0v) is 29.5. The second kappa shape index (κ2) is 15.5. The molecule has 2 aliphatic rings. The Labute approximate surface area is 285 Å². The summed E-state index contributed by atoms with van der Waals surface area (Å²) in [6, 6.07) is 9.73. The molecule has 2 aromatic carbocycles. The molecule has 2 saturated heterocycles. The maximum absolute atomic E-state index is 13.3. The third-order valence-electron chi connectivity index (χ3n) is 9.88. The summed E-state index contributed by atoms with van der Waals surface area (Å²) in [5.41, 5.74) is 3.54. The summed E-state index contributed by atoms with van der Waals surface area (Å²) in [6.07, 6.45) is 1.40. The molecule has 10 nitrogen and oxygen atoms in total. The topological polar surface area (TPSA) is 152 Å². The lowest BCUT2D eigenvalue weighted by atomic mass is 9.85. The van der Waals surface area contributed by atoms with Crippen LogP contribution in [0.5, 0.6) is 5.75 Å². The van der Waals surface area contributed by atoms with Crippen LogP contribution in [-0.2, 0) is 20.7 Å². The summed E-state index contributed by atoms with van der Waals surface area (Å²) in [5, 5.41) is 48.1. The van der Waals surface area contributed by atoms with Crippen molar-refractivity contribution in [2.75, 3.05) is 32.8 Å². The van der Waals surface area contributed by atoms with Crippen LogP contribution in [0.15, 0.2) is 36.4 Å². The number of piperazine rings is 1. The summed E-state index contributed by atoms with van der Waals surface area (Å²) in [4.78, 5) is 28.3. The molecule has 48 heavy (non-hydrogen) atoms. The number of aliphatic hydroxyl groups is 3. The molecule has 2 aliphatic heterocycles. The van der Waals surface area contributed by atoms with Crippen LogP contribution < -0.4 is 10.6 Å². The molecule has 4 rings (SSSR count). The Hall–Kier alpha value is -3.28. The van der Waals surface area contributed by atoms with E-state index >= 15 is 0 Å². The van der Waals surface area contributed by atoms with Crippen molar-refractivity contribution in [2.24, 2.45) is 5.41 Å². The summed E-state index contributed by atoms with van der Waals surface area (Å²) < 4.78 is 5.92. The third kappa shape index (κ3) is 8.65. The van der Waals surface area contributed by atoms with Gasteiger partial charge in [-0.25, -0.2) is 0 Å². The molecule has 0 saturated carbocycles. The largest absolute Gasteiger partial charge is 0.508 e. The normalized spacial score (nSPS) is 22.9. The quantitative estimate of drug-likeness (QED) is 0.213. The first-order chi connectivity index (χ1) is 22.6. The fraction of sp³-hybridized carbons (Fsp3) is 0.579. The Bertz CT molecular complexity index is 1480. The summed E-state index contributed by atoms with van der Waals surface area (Å²) >= 11 is 0. The Kier molecular flexibility index (Phi) is 12.1. The summed E-state index contributed by atoms with van der Waals surface area (Å²) in [6.45, 7) is 15.8. The lowest BCUT2D eigenvalue weighted by molar-refractivity contribution is -0.180. The second-order valence-electron chi connectivity index (χ2n) is 14.6. The van der Waals surface area contributed by atoms with E-state index in [1.807, 2.05) is 45.1 Å². The van der Waals surface area contributed by atoms with Gasteiger partial charge in [-0.2, -0.15) is 0 Å². The molecule has 10 heteroatoms. The van der Waals surface area contributed by atoms with E-state index in [2.05, 4.69) is 36.6 Å². The molecule has 0 spiro atoms. The Morgan fingerprint density at radius 1 is 1.10 bits per heavy atom. The molecule has 0 radical (unpaired) electrons. The van der Waals surface area contributed by atoms with E-state index in [0.717, 1.165) is 47.3 Å². The molecule has 0 aliphatic carbocycles. The number of aromatic hydroxyl groups is 1. The van der Waals surface area contributed by atoms with Gasteiger partial charge in [0.1, 0.15) is 23.5 Å². The van der Waals surface area contributed by atoms with Crippen molar-refractivity contribution in [1.29, 1.82) is 0 Å². The number of ether oxygens (including phenoxy) is 1. The number of aryl methyl sites for hydroxylation is 1. The minimum absolute atomic E-state index is 0.00991. The maximum Gasteiger partial charge on any atom is 0.247 e. The van der Waals surface area contributed by atoms with E-state index in [4.69, 9.17) is 4.74 Å². The van der Waals surface area contributed by atoms with Crippen LogP contribution in [0.4, 0.5) is 0 Å². The van der Waals surface area contributed by atoms with Crippen LogP contribution in [0.3, 0.4) is 0 Å². The number of carbonyl (C=O) groups excluding carboxylic acids is 2. The van der Waals surface area contributed by atoms with Crippen LogP contribution in [-0.4, -0.2) is 93.8 Å². The van der Waals surface area contributed by atoms with Gasteiger partial charge in [-0.05, 0) is 93.3 Å². The highest BCUT2D eigenvalue weighted by atomic mass is 16.5. The van der Waals surface area contributed by atoms with Crippen molar-refractivity contribution in [2.45, 2.75) is 104 Å². The zero-order chi connectivity index (χ0) is 35.4. The van der Waals surface area contributed by atoms with Gasteiger partial charge in [0.15, 0.2) is 0 Å². The summed E-state index contributed by atoms with van der Waals surface area (Å²) in [7, 11) is 0. The second-order valence-corrected chi connectivity index (χ2v) is 14.6. The van der Waals surface area contributed by atoms with Gasteiger partial charge in [0, 0.05) is 38.2 Å². The monoisotopic (exact) mass is 665 g/mol. The molecule has 2 aromatic rings. The number of rotatable bonds is 11. The predicted octanol–water partition coefficient (Wildman–Crippen LogP) is 3.72. The van der Waals surface area contributed by atoms with Crippen molar-refractivity contribution >= 4 is 17.9 Å². The van der Waals surface area contributed by atoms with Crippen LogP contribution >= 0.6 is 0 Å². The smallest absolute Gasteiger partial charge is 0.247 e. The molecule has 2 fully saturated rings. The number of amides is 2. The van der Waals surface area contributed by atoms with Gasteiger partial charge in [0.25, 0.3) is 0 Å². The van der Waals surface area contributed by atoms with Crippen molar-refractivity contribution in [3.8, 4) is 5.75 Å². The van der Waals surface area contributed by atoms with E-state index in [1.54, 1.807) is 24.8 Å². The highest BCUT2D eigenvalue weighted by Crippen LogP contribution is 2.40. The molecule has 1 unspecified atom stereocenters. The standard InChI is InChI=1S/C38H55N3O7/c1-8-23(2)29-21-31(43)30(34-33(45)32(44)20-28(22-42)48-34)19-27(29)18-26-10-9-25(17-24(26)3)11-12-37(4,5)35(46)40-38(6,7)36(47)41-15-13-39-14-16-41/h9-12,17,19,21,23,28,32-34,39,42-45H,8,13-16,18,20,22H2,1-7H3,(H,40,46)/b12-11+/t23?,28-,32-,33-,34-/m0/s1. The first-order valence-corrected chi connectivity index (χ1v) is 17.2. The number of phenolic OH excluding ortho intramolecular Hbond substituents is 1. The van der Waals surface area contributed by atoms with Gasteiger partial charge < -0.3 is 40.7 Å². The molecule has 0 aromatic heterocycles. The fourth-order valence-corrected chi connectivity index (χ4v) is 6.42. The predicted molar refractivity (Wildman–Crippen MR) is 187 cm³/mol. The third-order valence-corrected chi connectivity index (χ3v) is 9.88. The number of nitrogens with zero attached hydrogens (tertiary/aromatic N) is 1. The molecular weight excluding hydrogens is 610 g/mol. The van der Waals surface area contributed by atoms with E-state index in [-0.39, 0.29) is 36.5 Å². The lowest BCUT2D eigenvalue weighted by Gasteiger charge is -2.37. The molecule has 264 valence electrons. The van der Waals surface area contributed by atoms with Crippen LogP contribution in [0.1, 0.15) is 99.8 Å². The number of hydrogen-bond acceptors (Lipinski definition) is 8. The molecule has 2 heterocycles.